The first-order chi connectivity index (χ1) is 7.17. The van der Waals surface area contributed by atoms with Crippen molar-refractivity contribution in [3.05, 3.63) is 0 Å². The van der Waals surface area contributed by atoms with Gasteiger partial charge in [-0.25, -0.2) is 0 Å². The summed E-state index contributed by atoms with van der Waals surface area (Å²) in [4.78, 5) is 2.53. The van der Waals surface area contributed by atoms with E-state index in [4.69, 9.17) is 6.42 Å². The molecule has 1 rings (SSSR count). The fourth-order valence-corrected chi connectivity index (χ4v) is 2.37. The Kier molecular flexibility index (Phi) is 5.14. The minimum Gasteiger partial charge on any atom is -0.303 e. The summed E-state index contributed by atoms with van der Waals surface area (Å²) in [5, 5.41) is 3.48. The first-order valence-corrected chi connectivity index (χ1v) is 6.12. The van der Waals surface area contributed by atoms with Gasteiger partial charge in [0.2, 0.25) is 0 Å². The van der Waals surface area contributed by atoms with Crippen molar-refractivity contribution in [2.45, 2.75) is 45.7 Å². The summed E-state index contributed by atoms with van der Waals surface area (Å²) >= 11 is 0. The molecule has 1 N–H and O–H groups in total. The summed E-state index contributed by atoms with van der Waals surface area (Å²) < 4.78 is 0. The quantitative estimate of drug-likeness (QED) is 0.708. The Balaban J connectivity index is 2.38. The summed E-state index contributed by atoms with van der Waals surface area (Å²) in [6.07, 6.45) is 8.04. The molecule has 0 aromatic carbocycles. The molecule has 3 atom stereocenters. The molecule has 2 heteroatoms. The van der Waals surface area contributed by atoms with E-state index in [1.807, 2.05) is 0 Å². The molecule has 3 unspecified atom stereocenters. The van der Waals surface area contributed by atoms with Gasteiger partial charge in [0, 0.05) is 12.6 Å². The van der Waals surface area contributed by atoms with Crippen LogP contribution in [-0.2, 0) is 0 Å². The second-order valence-corrected chi connectivity index (χ2v) is 4.64. The molecule has 1 aliphatic rings. The van der Waals surface area contributed by atoms with E-state index in [9.17, 15) is 0 Å². The van der Waals surface area contributed by atoms with E-state index in [0.29, 0.717) is 6.04 Å². The van der Waals surface area contributed by atoms with E-state index in [-0.39, 0.29) is 6.04 Å². The van der Waals surface area contributed by atoms with E-state index in [0.717, 1.165) is 5.92 Å². The summed E-state index contributed by atoms with van der Waals surface area (Å²) in [5.74, 6) is 3.49. The third-order valence-electron chi connectivity index (χ3n) is 3.46. The topological polar surface area (TPSA) is 15.3 Å². The monoisotopic (exact) mass is 208 g/mol. The minimum atomic E-state index is 0.192. The average Bonchev–Trinajstić information content (AvgIpc) is 2.28. The number of nitrogens with zero attached hydrogens (tertiary/aromatic N) is 1. The molecule has 0 aliphatic carbocycles. The number of rotatable bonds is 4. The first-order valence-electron chi connectivity index (χ1n) is 6.12. The molecule has 2 nitrogen and oxygen atoms in total. The van der Waals surface area contributed by atoms with Crippen LogP contribution in [0.5, 0.6) is 0 Å². The van der Waals surface area contributed by atoms with Crippen molar-refractivity contribution in [2.75, 3.05) is 19.6 Å². The molecule has 1 heterocycles. The molecule has 1 aliphatic heterocycles. The lowest BCUT2D eigenvalue weighted by molar-refractivity contribution is 0.156. The lowest BCUT2D eigenvalue weighted by Crippen LogP contribution is -2.46. The standard InChI is InChI=1S/C13H24N2/c1-5-11(3)14-12(4)13-8-7-9-15(6-2)10-13/h1,11-14H,6-10H2,2-4H3. The van der Waals surface area contributed by atoms with Gasteiger partial charge in [-0.2, -0.15) is 0 Å². The Morgan fingerprint density at radius 2 is 2.27 bits per heavy atom. The van der Waals surface area contributed by atoms with E-state index < -0.39 is 0 Å². The van der Waals surface area contributed by atoms with Crippen LogP contribution in [0.4, 0.5) is 0 Å². The van der Waals surface area contributed by atoms with Crippen molar-refractivity contribution in [1.29, 1.82) is 0 Å². The maximum absolute atomic E-state index is 5.38. The first kappa shape index (κ1) is 12.5. The predicted octanol–water partition coefficient (Wildman–Crippen LogP) is 1.72. The Hall–Kier alpha value is -0.520. The zero-order valence-corrected chi connectivity index (χ0v) is 10.3. The van der Waals surface area contributed by atoms with Gasteiger partial charge in [0.05, 0.1) is 6.04 Å². The molecule has 0 aromatic heterocycles. The van der Waals surface area contributed by atoms with Gasteiger partial charge in [0.15, 0.2) is 0 Å². The van der Waals surface area contributed by atoms with E-state index in [1.54, 1.807) is 0 Å². The molecule has 15 heavy (non-hydrogen) atoms. The third kappa shape index (κ3) is 3.85. The Bertz CT molecular complexity index is 219. The van der Waals surface area contributed by atoms with Gasteiger partial charge in [0.1, 0.15) is 0 Å². The molecule has 0 bridgehead atoms. The van der Waals surface area contributed by atoms with Crippen LogP contribution in [-0.4, -0.2) is 36.6 Å². The second-order valence-electron chi connectivity index (χ2n) is 4.64. The normalized spacial score (nSPS) is 26.9. The maximum Gasteiger partial charge on any atom is 0.0660 e. The van der Waals surface area contributed by atoms with Crippen LogP contribution in [0.25, 0.3) is 0 Å². The Labute approximate surface area is 94.4 Å². The molecule has 0 saturated carbocycles. The van der Waals surface area contributed by atoms with E-state index in [2.05, 4.69) is 36.9 Å². The summed E-state index contributed by atoms with van der Waals surface area (Å²) in [6.45, 7) is 10.2. The number of terminal acetylenes is 1. The van der Waals surface area contributed by atoms with Crippen LogP contribution < -0.4 is 5.32 Å². The van der Waals surface area contributed by atoms with Crippen molar-refractivity contribution in [2.24, 2.45) is 5.92 Å². The molecule has 1 saturated heterocycles. The van der Waals surface area contributed by atoms with Gasteiger partial charge in [0.25, 0.3) is 0 Å². The second kappa shape index (κ2) is 6.15. The highest BCUT2D eigenvalue weighted by atomic mass is 15.1. The van der Waals surface area contributed by atoms with Gasteiger partial charge in [-0.15, -0.1) is 6.42 Å². The van der Waals surface area contributed by atoms with Crippen LogP contribution >= 0.6 is 0 Å². The van der Waals surface area contributed by atoms with Gasteiger partial charge in [-0.05, 0) is 45.7 Å². The van der Waals surface area contributed by atoms with Crippen LogP contribution in [0.2, 0.25) is 0 Å². The number of piperidine rings is 1. The zero-order valence-electron chi connectivity index (χ0n) is 10.3. The van der Waals surface area contributed by atoms with Crippen LogP contribution in [0.1, 0.15) is 33.6 Å². The SMILES string of the molecule is C#CC(C)NC(C)C1CCCN(CC)C1. The zero-order chi connectivity index (χ0) is 11.3. The molecule has 0 radical (unpaired) electrons. The van der Waals surface area contributed by atoms with Crippen molar-refractivity contribution in [3.63, 3.8) is 0 Å². The van der Waals surface area contributed by atoms with E-state index >= 15 is 0 Å². The van der Waals surface area contributed by atoms with Crippen LogP contribution in [0.15, 0.2) is 0 Å². The molecular weight excluding hydrogens is 184 g/mol. The van der Waals surface area contributed by atoms with Gasteiger partial charge in [-0.3, -0.25) is 0 Å². The summed E-state index contributed by atoms with van der Waals surface area (Å²) in [5.41, 5.74) is 0. The molecule has 86 valence electrons. The van der Waals surface area contributed by atoms with Gasteiger partial charge < -0.3 is 10.2 Å². The van der Waals surface area contributed by atoms with Crippen molar-refractivity contribution in [3.8, 4) is 12.3 Å². The van der Waals surface area contributed by atoms with E-state index in [1.165, 1.54) is 32.5 Å². The number of hydrogen-bond donors (Lipinski definition) is 1. The molecule has 0 spiro atoms. The highest BCUT2D eigenvalue weighted by Gasteiger charge is 2.24. The summed E-state index contributed by atoms with van der Waals surface area (Å²) in [6, 6.07) is 0.724. The minimum absolute atomic E-state index is 0.192. The molecule has 0 amide bonds. The molecular formula is C13H24N2. The molecule has 1 fully saturated rings. The van der Waals surface area contributed by atoms with Crippen LogP contribution in [0, 0.1) is 18.3 Å². The maximum atomic E-state index is 5.38. The van der Waals surface area contributed by atoms with Gasteiger partial charge in [-0.1, -0.05) is 12.8 Å². The van der Waals surface area contributed by atoms with Gasteiger partial charge >= 0.3 is 0 Å². The number of likely N-dealkylation sites (tertiary alicyclic amines) is 1. The highest BCUT2D eigenvalue weighted by molar-refractivity contribution is 4.97. The summed E-state index contributed by atoms with van der Waals surface area (Å²) in [7, 11) is 0. The lowest BCUT2D eigenvalue weighted by atomic mass is 9.91. The largest absolute Gasteiger partial charge is 0.303 e. The fraction of sp³-hybridized carbons (Fsp3) is 0.846. The lowest BCUT2D eigenvalue weighted by Gasteiger charge is -2.36. The average molecular weight is 208 g/mol. The smallest absolute Gasteiger partial charge is 0.0660 e. The number of nitrogens with one attached hydrogen (secondary N) is 1. The Morgan fingerprint density at radius 3 is 2.87 bits per heavy atom. The Morgan fingerprint density at radius 1 is 1.53 bits per heavy atom. The molecule has 0 aromatic rings. The van der Waals surface area contributed by atoms with Crippen molar-refractivity contribution < 1.29 is 0 Å². The van der Waals surface area contributed by atoms with Crippen molar-refractivity contribution >= 4 is 0 Å². The third-order valence-corrected chi connectivity index (χ3v) is 3.46. The fourth-order valence-electron chi connectivity index (χ4n) is 2.37. The number of hydrogen-bond acceptors (Lipinski definition) is 2. The van der Waals surface area contributed by atoms with Crippen molar-refractivity contribution in [1.82, 2.24) is 10.2 Å². The predicted molar refractivity (Wildman–Crippen MR) is 65.7 cm³/mol. The highest BCUT2D eigenvalue weighted by Crippen LogP contribution is 2.19. The van der Waals surface area contributed by atoms with Crippen LogP contribution in [0.3, 0.4) is 0 Å².